The number of carbonyl (C=O) groups excluding carboxylic acids is 2. The minimum Gasteiger partial charge on any atom is -0.448 e. The Bertz CT molecular complexity index is 564. The summed E-state index contributed by atoms with van der Waals surface area (Å²) in [5.74, 6) is -0.283. The van der Waals surface area contributed by atoms with E-state index in [1.165, 1.54) is 0 Å². The number of aliphatic hydroxyl groups excluding tert-OH is 1. The van der Waals surface area contributed by atoms with Gasteiger partial charge >= 0.3 is 5.97 Å². The Morgan fingerprint density at radius 3 is 2.68 bits per heavy atom. The first kappa shape index (κ1) is 15.0. The lowest BCUT2D eigenvalue weighted by atomic mass is 9.86. The summed E-state index contributed by atoms with van der Waals surface area (Å²) in [5, 5.41) is 12.1. The van der Waals surface area contributed by atoms with Crippen molar-refractivity contribution in [3.05, 3.63) is 35.4 Å². The van der Waals surface area contributed by atoms with E-state index in [1.54, 1.807) is 12.1 Å². The SMILES string of the molecule is O=C1O[C@@H](C(=O)NC2CCC(CO)CC2)Cc2ccccc21. The number of fused-ring (bicyclic) bond motifs is 1. The van der Waals surface area contributed by atoms with Crippen molar-refractivity contribution in [2.24, 2.45) is 5.92 Å². The fourth-order valence-electron chi connectivity index (χ4n) is 3.26. The molecular weight excluding hydrogens is 282 g/mol. The van der Waals surface area contributed by atoms with Gasteiger partial charge < -0.3 is 15.2 Å². The topological polar surface area (TPSA) is 75.6 Å². The van der Waals surface area contributed by atoms with E-state index in [2.05, 4.69) is 5.32 Å². The number of esters is 1. The molecule has 1 aliphatic carbocycles. The van der Waals surface area contributed by atoms with E-state index in [1.807, 2.05) is 12.1 Å². The van der Waals surface area contributed by atoms with E-state index in [-0.39, 0.29) is 18.6 Å². The van der Waals surface area contributed by atoms with Crippen molar-refractivity contribution in [1.82, 2.24) is 5.32 Å². The Morgan fingerprint density at radius 2 is 1.95 bits per heavy atom. The molecule has 0 saturated heterocycles. The summed E-state index contributed by atoms with van der Waals surface area (Å²) in [4.78, 5) is 24.3. The maximum absolute atomic E-state index is 12.3. The van der Waals surface area contributed by atoms with E-state index in [4.69, 9.17) is 9.84 Å². The third-order valence-corrected chi connectivity index (χ3v) is 4.64. The summed E-state index contributed by atoms with van der Waals surface area (Å²) in [7, 11) is 0. The zero-order chi connectivity index (χ0) is 15.5. The summed E-state index contributed by atoms with van der Waals surface area (Å²) < 4.78 is 5.27. The van der Waals surface area contributed by atoms with Crippen LogP contribution in [0.5, 0.6) is 0 Å². The Labute approximate surface area is 129 Å². The zero-order valence-corrected chi connectivity index (χ0v) is 12.5. The highest BCUT2D eigenvalue weighted by atomic mass is 16.5. The average molecular weight is 303 g/mol. The smallest absolute Gasteiger partial charge is 0.339 e. The highest BCUT2D eigenvalue weighted by Gasteiger charge is 2.32. The normalized spacial score (nSPS) is 27.7. The zero-order valence-electron chi connectivity index (χ0n) is 12.5. The van der Waals surface area contributed by atoms with Crippen LogP contribution in [0.3, 0.4) is 0 Å². The van der Waals surface area contributed by atoms with E-state index in [0.29, 0.717) is 17.9 Å². The molecule has 1 heterocycles. The molecule has 0 aromatic heterocycles. The number of hydrogen-bond donors (Lipinski definition) is 2. The maximum Gasteiger partial charge on any atom is 0.339 e. The van der Waals surface area contributed by atoms with Crippen LogP contribution in [0.1, 0.15) is 41.6 Å². The molecular formula is C17H21NO4. The van der Waals surface area contributed by atoms with Crippen molar-refractivity contribution in [1.29, 1.82) is 0 Å². The van der Waals surface area contributed by atoms with Crippen LogP contribution in [0.15, 0.2) is 24.3 Å². The number of ether oxygens (including phenoxy) is 1. The van der Waals surface area contributed by atoms with Gasteiger partial charge in [0.1, 0.15) is 0 Å². The van der Waals surface area contributed by atoms with E-state index >= 15 is 0 Å². The van der Waals surface area contributed by atoms with Crippen LogP contribution < -0.4 is 5.32 Å². The summed E-state index contributed by atoms with van der Waals surface area (Å²) in [5.41, 5.74) is 1.41. The molecule has 0 radical (unpaired) electrons. The first-order valence-corrected chi connectivity index (χ1v) is 7.87. The number of hydrogen-bond acceptors (Lipinski definition) is 4. The van der Waals surface area contributed by atoms with Crippen molar-refractivity contribution in [2.45, 2.75) is 44.2 Å². The molecule has 0 unspecified atom stereocenters. The van der Waals surface area contributed by atoms with Crippen LogP contribution in [-0.2, 0) is 16.0 Å². The van der Waals surface area contributed by atoms with Gasteiger partial charge in [0.25, 0.3) is 5.91 Å². The molecule has 5 heteroatoms. The molecule has 1 atom stereocenters. The number of nitrogens with one attached hydrogen (secondary N) is 1. The Balaban J connectivity index is 1.59. The molecule has 1 aromatic rings. The number of amides is 1. The lowest BCUT2D eigenvalue weighted by Gasteiger charge is -2.30. The molecule has 5 nitrogen and oxygen atoms in total. The van der Waals surface area contributed by atoms with Crippen LogP contribution in [0, 0.1) is 5.92 Å². The molecule has 1 aliphatic heterocycles. The molecule has 0 bridgehead atoms. The number of carbonyl (C=O) groups is 2. The Hall–Kier alpha value is -1.88. The maximum atomic E-state index is 12.3. The first-order valence-electron chi connectivity index (χ1n) is 7.87. The average Bonchev–Trinajstić information content (AvgIpc) is 2.55. The van der Waals surface area contributed by atoms with E-state index in [9.17, 15) is 9.59 Å². The second kappa shape index (κ2) is 6.48. The van der Waals surface area contributed by atoms with E-state index < -0.39 is 12.1 Å². The number of cyclic esters (lactones) is 1. The molecule has 1 aromatic carbocycles. The molecule has 2 N–H and O–H groups in total. The summed E-state index contributed by atoms with van der Waals surface area (Å²) in [6, 6.07) is 7.36. The van der Waals surface area contributed by atoms with Gasteiger partial charge in [-0.25, -0.2) is 4.79 Å². The van der Waals surface area contributed by atoms with Gasteiger partial charge in [0.2, 0.25) is 0 Å². The number of rotatable bonds is 3. The fourth-order valence-corrected chi connectivity index (χ4v) is 3.26. The minimum absolute atomic E-state index is 0.117. The highest BCUT2D eigenvalue weighted by molar-refractivity contribution is 5.95. The van der Waals surface area contributed by atoms with Crippen LogP contribution in [-0.4, -0.2) is 35.7 Å². The molecule has 0 spiro atoms. The Morgan fingerprint density at radius 1 is 1.23 bits per heavy atom. The summed E-state index contributed by atoms with van der Waals surface area (Å²) >= 11 is 0. The monoisotopic (exact) mass is 303 g/mol. The molecule has 1 amide bonds. The van der Waals surface area contributed by atoms with Gasteiger partial charge in [0.15, 0.2) is 6.10 Å². The van der Waals surface area contributed by atoms with Gasteiger partial charge in [-0.2, -0.15) is 0 Å². The van der Waals surface area contributed by atoms with Crippen LogP contribution in [0.4, 0.5) is 0 Å². The van der Waals surface area contributed by atoms with Gasteiger partial charge in [-0.05, 0) is 43.2 Å². The van der Waals surface area contributed by atoms with Crippen LogP contribution in [0.25, 0.3) is 0 Å². The summed E-state index contributed by atoms with van der Waals surface area (Å²) in [6.45, 7) is 0.220. The largest absolute Gasteiger partial charge is 0.448 e. The van der Waals surface area contributed by atoms with Gasteiger partial charge in [-0.1, -0.05) is 18.2 Å². The minimum atomic E-state index is -0.738. The van der Waals surface area contributed by atoms with Crippen molar-refractivity contribution in [3.63, 3.8) is 0 Å². The third kappa shape index (κ3) is 3.14. The molecule has 22 heavy (non-hydrogen) atoms. The lowest BCUT2D eigenvalue weighted by Crippen LogP contribution is -2.47. The predicted molar refractivity (Wildman–Crippen MR) is 80.3 cm³/mol. The van der Waals surface area contributed by atoms with Crippen LogP contribution >= 0.6 is 0 Å². The number of benzene rings is 1. The van der Waals surface area contributed by atoms with Gasteiger partial charge in [0, 0.05) is 19.1 Å². The Kier molecular flexibility index (Phi) is 4.43. The standard InChI is InChI=1S/C17H21NO4/c19-10-11-5-7-13(8-6-11)18-16(20)15-9-12-3-1-2-4-14(12)17(21)22-15/h1-4,11,13,15,19H,5-10H2,(H,18,20)/t11?,13?,15-/m1/s1. The van der Waals surface area contributed by atoms with E-state index in [0.717, 1.165) is 31.2 Å². The molecule has 1 saturated carbocycles. The second-order valence-corrected chi connectivity index (χ2v) is 6.16. The van der Waals surface area contributed by atoms with Crippen LogP contribution in [0.2, 0.25) is 0 Å². The molecule has 118 valence electrons. The van der Waals surface area contributed by atoms with Crippen molar-refractivity contribution in [3.8, 4) is 0 Å². The molecule has 1 fully saturated rings. The van der Waals surface area contributed by atoms with Gasteiger partial charge in [0.05, 0.1) is 5.56 Å². The van der Waals surface area contributed by atoms with Gasteiger partial charge in [-0.3, -0.25) is 4.79 Å². The highest BCUT2D eigenvalue weighted by Crippen LogP contribution is 2.25. The summed E-state index contributed by atoms with van der Waals surface area (Å²) in [6.07, 6.45) is 3.28. The number of aliphatic hydroxyl groups is 1. The van der Waals surface area contributed by atoms with Crippen molar-refractivity contribution >= 4 is 11.9 Å². The third-order valence-electron chi connectivity index (χ3n) is 4.64. The van der Waals surface area contributed by atoms with Gasteiger partial charge in [-0.15, -0.1) is 0 Å². The van der Waals surface area contributed by atoms with Crippen molar-refractivity contribution < 1.29 is 19.4 Å². The second-order valence-electron chi connectivity index (χ2n) is 6.16. The fraction of sp³-hybridized carbons (Fsp3) is 0.529. The first-order chi connectivity index (χ1) is 10.7. The quantitative estimate of drug-likeness (QED) is 0.828. The molecule has 2 aliphatic rings. The lowest BCUT2D eigenvalue weighted by molar-refractivity contribution is -0.131. The van der Waals surface area contributed by atoms with Crippen molar-refractivity contribution in [2.75, 3.05) is 6.61 Å². The molecule has 3 rings (SSSR count). The predicted octanol–water partition coefficient (Wildman–Crippen LogP) is 1.44.